The Kier molecular flexibility index (Phi) is 4.03. The lowest BCUT2D eigenvalue weighted by Crippen LogP contribution is -2.26. The molecular weight excluding hydrogens is 244 g/mol. The van der Waals surface area contributed by atoms with Crippen LogP contribution in [0.3, 0.4) is 0 Å². The predicted molar refractivity (Wildman–Crippen MR) is 86.3 cm³/mol. The Morgan fingerprint density at radius 1 is 0.850 bits per heavy atom. The fourth-order valence-corrected chi connectivity index (χ4v) is 2.93. The topological polar surface area (TPSA) is 24.1 Å². The van der Waals surface area contributed by atoms with Crippen molar-refractivity contribution in [2.24, 2.45) is 0 Å². The summed E-state index contributed by atoms with van der Waals surface area (Å²) in [5.41, 5.74) is 5.22. The monoisotopic (exact) mass is 266 g/mol. The van der Waals surface area contributed by atoms with Crippen molar-refractivity contribution < 1.29 is 0 Å². The summed E-state index contributed by atoms with van der Waals surface area (Å²) in [4.78, 5) is 0. The summed E-state index contributed by atoms with van der Waals surface area (Å²) in [6, 6.07) is 17.7. The highest BCUT2D eigenvalue weighted by Gasteiger charge is 2.14. The predicted octanol–water partition coefficient (Wildman–Crippen LogP) is 3.86. The van der Waals surface area contributed by atoms with E-state index in [0.717, 1.165) is 24.7 Å². The lowest BCUT2D eigenvalue weighted by atomic mass is 9.89. The molecule has 0 amide bonds. The normalized spacial score (nSPS) is 16.1. The molecule has 1 aliphatic rings. The zero-order chi connectivity index (χ0) is 13.8. The van der Waals surface area contributed by atoms with Crippen molar-refractivity contribution in [2.45, 2.75) is 18.8 Å². The van der Waals surface area contributed by atoms with Crippen LogP contribution in [0.2, 0.25) is 0 Å². The Bertz CT molecular complexity index is 537. The van der Waals surface area contributed by atoms with E-state index < -0.39 is 0 Å². The largest absolute Gasteiger partial charge is 0.388 e. The molecule has 0 spiro atoms. The lowest BCUT2D eigenvalue weighted by Gasteiger charge is -2.23. The van der Waals surface area contributed by atoms with E-state index in [0.29, 0.717) is 0 Å². The summed E-state index contributed by atoms with van der Waals surface area (Å²) in [6.45, 7) is 2.30. The van der Waals surface area contributed by atoms with Crippen molar-refractivity contribution in [3.8, 4) is 11.1 Å². The van der Waals surface area contributed by atoms with Gasteiger partial charge >= 0.3 is 0 Å². The van der Waals surface area contributed by atoms with Crippen molar-refractivity contribution in [2.75, 3.05) is 25.5 Å². The van der Waals surface area contributed by atoms with E-state index in [2.05, 4.69) is 59.2 Å². The molecule has 2 heteroatoms. The maximum absolute atomic E-state index is 3.43. The molecule has 2 nitrogen and oxygen atoms in total. The van der Waals surface area contributed by atoms with Gasteiger partial charge in [-0.3, -0.25) is 0 Å². The van der Waals surface area contributed by atoms with Crippen LogP contribution in [0.15, 0.2) is 48.5 Å². The molecule has 1 saturated heterocycles. The molecule has 20 heavy (non-hydrogen) atoms. The van der Waals surface area contributed by atoms with Gasteiger partial charge in [0.05, 0.1) is 0 Å². The van der Waals surface area contributed by atoms with Gasteiger partial charge in [-0.2, -0.15) is 0 Å². The minimum atomic E-state index is 0.733. The molecule has 0 atom stereocenters. The first-order chi connectivity index (χ1) is 9.86. The van der Waals surface area contributed by atoms with E-state index in [1.165, 1.54) is 29.5 Å². The third kappa shape index (κ3) is 2.86. The number of anilines is 1. The SMILES string of the molecule is CNc1ccc(-c2ccc(C3CCNCC3)cc2)cc1. The smallest absolute Gasteiger partial charge is 0.0337 e. The van der Waals surface area contributed by atoms with Crippen molar-refractivity contribution in [1.82, 2.24) is 5.32 Å². The van der Waals surface area contributed by atoms with E-state index in [9.17, 15) is 0 Å². The molecule has 2 aromatic rings. The first kappa shape index (κ1) is 13.2. The third-order valence-electron chi connectivity index (χ3n) is 4.23. The highest BCUT2D eigenvalue weighted by molar-refractivity contribution is 5.66. The van der Waals surface area contributed by atoms with Crippen molar-refractivity contribution in [1.29, 1.82) is 0 Å². The van der Waals surface area contributed by atoms with Crippen LogP contribution in [0.5, 0.6) is 0 Å². The van der Waals surface area contributed by atoms with E-state index in [1.54, 1.807) is 0 Å². The van der Waals surface area contributed by atoms with Gasteiger partial charge in [0, 0.05) is 12.7 Å². The molecule has 0 unspecified atom stereocenters. The molecule has 2 N–H and O–H groups in total. The van der Waals surface area contributed by atoms with Crippen LogP contribution in [-0.2, 0) is 0 Å². The van der Waals surface area contributed by atoms with E-state index in [1.807, 2.05) is 7.05 Å². The number of piperidine rings is 1. The molecule has 1 aliphatic heterocycles. The Morgan fingerprint density at radius 2 is 1.40 bits per heavy atom. The van der Waals surface area contributed by atoms with Crippen LogP contribution in [0.1, 0.15) is 24.3 Å². The van der Waals surface area contributed by atoms with Crippen molar-refractivity contribution >= 4 is 5.69 Å². The van der Waals surface area contributed by atoms with E-state index in [4.69, 9.17) is 0 Å². The summed E-state index contributed by atoms with van der Waals surface area (Å²) >= 11 is 0. The second-order valence-electron chi connectivity index (χ2n) is 5.47. The van der Waals surface area contributed by atoms with E-state index in [-0.39, 0.29) is 0 Å². The molecule has 0 aliphatic carbocycles. The van der Waals surface area contributed by atoms with Gasteiger partial charge in [-0.15, -0.1) is 0 Å². The van der Waals surface area contributed by atoms with E-state index >= 15 is 0 Å². The summed E-state index contributed by atoms with van der Waals surface area (Å²) in [5.74, 6) is 0.733. The molecule has 0 saturated carbocycles. The van der Waals surface area contributed by atoms with Gasteiger partial charge in [0.25, 0.3) is 0 Å². The Hall–Kier alpha value is -1.80. The number of rotatable bonds is 3. The molecule has 0 radical (unpaired) electrons. The van der Waals surface area contributed by atoms with Gasteiger partial charge in [-0.05, 0) is 60.7 Å². The fraction of sp³-hybridized carbons (Fsp3) is 0.333. The second kappa shape index (κ2) is 6.10. The lowest BCUT2D eigenvalue weighted by molar-refractivity contribution is 0.460. The molecule has 1 fully saturated rings. The van der Waals surface area contributed by atoms with Gasteiger partial charge in [0.2, 0.25) is 0 Å². The Balaban J connectivity index is 1.77. The van der Waals surface area contributed by atoms with Crippen molar-refractivity contribution in [3.63, 3.8) is 0 Å². The molecule has 0 bridgehead atoms. The maximum Gasteiger partial charge on any atom is 0.0337 e. The van der Waals surface area contributed by atoms with Gasteiger partial charge < -0.3 is 10.6 Å². The van der Waals surface area contributed by atoms with Crippen LogP contribution < -0.4 is 10.6 Å². The molecule has 2 aromatic carbocycles. The second-order valence-corrected chi connectivity index (χ2v) is 5.47. The molecule has 1 heterocycles. The van der Waals surface area contributed by atoms with Gasteiger partial charge in [-0.1, -0.05) is 36.4 Å². The highest BCUT2D eigenvalue weighted by atomic mass is 14.9. The maximum atomic E-state index is 3.43. The average molecular weight is 266 g/mol. The third-order valence-corrected chi connectivity index (χ3v) is 4.23. The van der Waals surface area contributed by atoms with Gasteiger partial charge in [0.15, 0.2) is 0 Å². The molecule has 0 aromatic heterocycles. The highest BCUT2D eigenvalue weighted by Crippen LogP contribution is 2.28. The quantitative estimate of drug-likeness (QED) is 0.881. The molecule has 104 valence electrons. The Labute approximate surface area is 121 Å². The summed E-state index contributed by atoms with van der Waals surface area (Å²) in [7, 11) is 1.95. The average Bonchev–Trinajstić information content (AvgIpc) is 2.56. The van der Waals surface area contributed by atoms with Crippen LogP contribution in [0.4, 0.5) is 5.69 Å². The molecule has 3 rings (SSSR count). The van der Waals surface area contributed by atoms with Crippen LogP contribution in [-0.4, -0.2) is 20.1 Å². The first-order valence-electron chi connectivity index (χ1n) is 7.46. The standard InChI is InChI=1S/C18H22N2/c1-19-18-8-6-16(7-9-18)14-2-4-15(5-3-14)17-10-12-20-13-11-17/h2-9,17,19-20H,10-13H2,1H3. The van der Waals surface area contributed by atoms with Crippen LogP contribution in [0, 0.1) is 0 Å². The minimum Gasteiger partial charge on any atom is -0.388 e. The Morgan fingerprint density at radius 3 is 1.95 bits per heavy atom. The zero-order valence-electron chi connectivity index (χ0n) is 12.0. The van der Waals surface area contributed by atoms with Gasteiger partial charge in [0.1, 0.15) is 0 Å². The van der Waals surface area contributed by atoms with Crippen molar-refractivity contribution in [3.05, 3.63) is 54.1 Å². The summed E-state index contributed by atoms with van der Waals surface area (Å²) in [6.07, 6.45) is 2.52. The number of hydrogen-bond acceptors (Lipinski definition) is 2. The number of nitrogens with one attached hydrogen (secondary N) is 2. The fourth-order valence-electron chi connectivity index (χ4n) is 2.93. The number of hydrogen-bond donors (Lipinski definition) is 2. The number of benzene rings is 2. The van der Waals surface area contributed by atoms with Gasteiger partial charge in [-0.25, -0.2) is 0 Å². The van der Waals surface area contributed by atoms with Crippen LogP contribution in [0.25, 0.3) is 11.1 Å². The summed E-state index contributed by atoms with van der Waals surface area (Å²) < 4.78 is 0. The minimum absolute atomic E-state index is 0.733. The summed E-state index contributed by atoms with van der Waals surface area (Å²) in [5, 5.41) is 6.58. The first-order valence-corrected chi connectivity index (χ1v) is 7.46. The molecular formula is C18H22N2. The van der Waals surface area contributed by atoms with Crippen LogP contribution >= 0.6 is 0 Å². The zero-order valence-corrected chi connectivity index (χ0v) is 12.0.